The van der Waals surface area contributed by atoms with Crippen molar-refractivity contribution in [1.29, 1.82) is 0 Å². The molecule has 6 rings (SSSR count). The number of carbonyl (C=O) groups is 2. The highest BCUT2D eigenvalue weighted by Gasteiger charge is 2.27. The molecular formula is C54H74N8O11S2. The molecule has 0 fully saturated rings. The standard InChI is InChI=1S/C27H36N4O5S.C15H23NO6S.C12H15N3/c1-18-14-24(35-7)15-19(2)26(18)37(33,34)31(6)12-13-36-20(3)27(32)28-16-22-8-10-23(11-9-22)25-17-30(5)21(4)29-25;1-10-8-13(21-5)9-11(2)14(10)23(19,20)16(4)6-7-22-12(3)15(17)18;1-9-14-12(8-15(9)2)11-5-3-10(7-13)4-6-11/h8-11,14-15,17,20H,12-13,16H2,1-7H3,(H,28,32);8-9,12H,6-7H2,1-5H3,(H,17,18);3-6,8H,7,13H2,1-2H3. The van der Waals surface area contributed by atoms with Crippen molar-refractivity contribution in [2.24, 2.45) is 19.8 Å². The summed E-state index contributed by atoms with van der Waals surface area (Å²) in [5.74, 6) is 1.82. The predicted octanol–water partition coefficient (Wildman–Crippen LogP) is 6.64. The van der Waals surface area contributed by atoms with Crippen molar-refractivity contribution in [2.75, 3.05) is 54.6 Å². The number of nitrogens with zero attached hydrogens (tertiary/aromatic N) is 6. The molecule has 75 heavy (non-hydrogen) atoms. The number of methoxy groups -OCH3 is 2. The van der Waals surface area contributed by atoms with Crippen molar-refractivity contribution in [1.82, 2.24) is 33.0 Å². The molecule has 0 saturated heterocycles. The number of hydrogen-bond donors (Lipinski definition) is 3. The maximum Gasteiger partial charge on any atom is 0.332 e. The molecule has 19 nitrogen and oxygen atoms in total. The van der Waals surface area contributed by atoms with Gasteiger partial charge in [-0.15, -0.1) is 0 Å². The minimum Gasteiger partial charge on any atom is -0.497 e. The van der Waals surface area contributed by atoms with E-state index in [1.165, 1.54) is 32.4 Å². The topological polar surface area (TPSA) is 240 Å². The Hall–Kier alpha value is -6.46. The van der Waals surface area contributed by atoms with Gasteiger partial charge in [-0.05, 0) is 113 Å². The summed E-state index contributed by atoms with van der Waals surface area (Å²) in [4.78, 5) is 32.6. The van der Waals surface area contributed by atoms with Crippen LogP contribution in [0.1, 0.15) is 58.9 Å². The molecule has 0 bridgehead atoms. The van der Waals surface area contributed by atoms with Crippen LogP contribution >= 0.6 is 0 Å². The smallest absolute Gasteiger partial charge is 0.332 e. The van der Waals surface area contributed by atoms with Crippen LogP contribution in [0.15, 0.2) is 95.0 Å². The van der Waals surface area contributed by atoms with Crippen LogP contribution in [0.5, 0.6) is 11.5 Å². The van der Waals surface area contributed by atoms with Crippen molar-refractivity contribution in [2.45, 2.75) is 90.5 Å². The Morgan fingerprint density at radius 3 is 1.32 bits per heavy atom. The molecule has 408 valence electrons. The van der Waals surface area contributed by atoms with Gasteiger partial charge in [-0.25, -0.2) is 31.6 Å². The van der Waals surface area contributed by atoms with Gasteiger partial charge in [0, 0.05) is 77.9 Å². The third-order valence-corrected chi connectivity index (χ3v) is 16.7. The predicted molar refractivity (Wildman–Crippen MR) is 290 cm³/mol. The number of imidazole rings is 2. The summed E-state index contributed by atoms with van der Waals surface area (Å²) in [6.45, 7) is 15.1. The van der Waals surface area contributed by atoms with Crippen LogP contribution in [0.2, 0.25) is 0 Å². The molecule has 2 atom stereocenters. The van der Waals surface area contributed by atoms with E-state index in [-0.39, 0.29) is 42.0 Å². The number of carboxylic acids is 1. The summed E-state index contributed by atoms with van der Waals surface area (Å²) >= 11 is 0. The number of nitrogens with two attached hydrogens (primary N) is 1. The molecule has 0 radical (unpaired) electrons. The fourth-order valence-corrected chi connectivity index (χ4v) is 10.7. The van der Waals surface area contributed by atoms with Gasteiger partial charge >= 0.3 is 5.97 Å². The van der Waals surface area contributed by atoms with E-state index in [2.05, 4.69) is 27.4 Å². The zero-order chi connectivity index (χ0) is 55.9. The van der Waals surface area contributed by atoms with Crippen LogP contribution in [0.3, 0.4) is 0 Å². The fraction of sp³-hybridized carbons (Fsp3) is 0.407. The second-order valence-corrected chi connectivity index (χ2v) is 22.0. The van der Waals surface area contributed by atoms with E-state index in [1.54, 1.807) is 66.0 Å². The number of aryl methyl sites for hydroxylation is 8. The van der Waals surface area contributed by atoms with E-state index in [0.29, 0.717) is 46.8 Å². The molecule has 4 N–H and O–H groups in total. The quantitative estimate of drug-likeness (QED) is 0.0685. The molecule has 2 aromatic heterocycles. The van der Waals surface area contributed by atoms with Crippen molar-refractivity contribution in [3.8, 4) is 34.0 Å². The van der Waals surface area contributed by atoms with Gasteiger partial charge in [0.1, 0.15) is 29.3 Å². The number of ether oxygens (including phenoxy) is 4. The second-order valence-electron chi connectivity index (χ2n) is 18.1. The van der Waals surface area contributed by atoms with Crippen molar-refractivity contribution < 1.29 is 50.5 Å². The molecule has 2 heterocycles. The molecular weight excluding hydrogens is 1000 g/mol. The average Bonchev–Trinajstić information content (AvgIpc) is 3.89. The molecule has 2 unspecified atom stereocenters. The van der Waals surface area contributed by atoms with E-state index in [0.717, 1.165) is 49.6 Å². The molecule has 6 aromatic rings. The number of hydrogen-bond acceptors (Lipinski definition) is 13. The van der Waals surface area contributed by atoms with Gasteiger partial charge in [0.2, 0.25) is 26.0 Å². The van der Waals surface area contributed by atoms with Crippen LogP contribution < -0.4 is 20.5 Å². The summed E-state index contributed by atoms with van der Waals surface area (Å²) < 4.78 is 79.1. The Bertz CT molecular complexity index is 3020. The van der Waals surface area contributed by atoms with Crippen LogP contribution in [-0.2, 0) is 66.3 Å². The van der Waals surface area contributed by atoms with Gasteiger partial charge in [0.05, 0.1) is 48.6 Å². The lowest BCUT2D eigenvalue weighted by Gasteiger charge is -2.21. The number of rotatable bonds is 21. The first-order valence-electron chi connectivity index (χ1n) is 24.1. The number of benzene rings is 4. The van der Waals surface area contributed by atoms with Gasteiger partial charge in [-0.3, -0.25) is 4.79 Å². The van der Waals surface area contributed by atoms with Crippen LogP contribution in [0.25, 0.3) is 22.5 Å². The average molecular weight is 1080 g/mol. The molecule has 1 amide bonds. The zero-order valence-electron chi connectivity index (χ0n) is 45.6. The number of aromatic nitrogens is 4. The van der Waals surface area contributed by atoms with Crippen LogP contribution in [-0.4, -0.2) is 128 Å². The highest BCUT2D eigenvalue weighted by molar-refractivity contribution is 7.89. The molecule has 4 aromatic carbocycles. The van der Waals surface area contributed by atoms with E-state index in [4.69, 9.17) is 29.8 Å². The van der Waals surface area contributed by atoms with Crippen LogP contribution in [0.4, 0.5) is 0 Å². The summed E-state index contributed by atoms with van der Waals surface area (Å²) in [6, 6.07) is 22.8. The van der Waals surface area contributed by atoms with Gasteiger partial charge < -0.3 is 44.2 Å². The van der Waals surface area contributed by atoms with E-state index < -0.39 is 38.2 Å². The van der Waals surface area contributed by atoms with Crippen LogP contribution in [0, 0.1) is 41.5 Å². The third kappa shape index (κ3) is 16.5. The lowest BCUT2D eigenvalue weighted by Crippen LogP contribution is -2.37. The maximum atomic E-state index is 13.1. The number of amides is 1. The summed E-state index contributed by atoms with van der Waals surface area (Å²) in [5, 5.41) is 11.6. The molecule has 0 aliphatic carbocycles. The first-order chi connectivity index (χ1) is 35.2. The molecule has 21 heteroatoms. The third-order valence-electron chi connectivity index (χ3n) is 12.4. The van der Waals surface area contributed by atoms with Gasteiger partial charge in [0.25, 0.3) is 0 Å². The van der Waals surface area contributed by atoms with Gasteiger partial charge in [0.15, 0.2) is 6.10 Å². The Morgan fingerprint density at radius 2 is 1.00 bits per heavy atom. The van der Waals surface area contributed by atoms with E-state index >= 15 is 0 Å². The zero-order valence-corrected chi connectivity index (χ0v) is 47.2. The lowest BCUT2D eigenvalue weighted by atomic mass is 10.1. The Labute approximate surface area is 442 Å². The number of sulfonamides is 2. The van der Waals surface area contributed by atoms with Gasteiger partial charge in [-0.2, -0.15) is 8.61 Å². The van der Waals surface area contributed by atoms with E-state index in [1.807, 2.05) is 85.9 Å². The Balaban J connectivity index is 0.000000271. The van der Waals surface area contributed by atoms with Crippen molar-refractivity contribution in [3.63, 3.8) is 0 Å². The van der Waals surface area contributed by atoms with Gasteiger partial charge in [-0.1, -0.05) is 48.5 Å². The minimum atomic E-state index is -3.72. The van der Waals surface area contributed by atoms with E-state index in [9.17, 15) is 26.4 Å². The number of carboxylic acid groups (broad SMARTS) is 1. The number of carbonyl (C=O) groups excluding carboxylic acids is 1. The first kappa shape index (κ1) is 61.1. The number of nitrogens with one attached hydrogen (secondary N) is 1. The summed E-state index contributed by atoms with van der Waals surface area (Å²) in [7, 11) is 2.55. The minimum absolute atomic E-state index is 0.00253. The normalized spacial score (nSPS) is 12.3. The molecule has 0 spiro atoms. The maximum absolute atomic E-state index is 13.1. The summed E-state index contributed by atoms with van der Waals surface area (Å²) in [5.41, 5.74) is 14.1. The van der Waals surface area contributed by atoms with Crippen molar-refractivity contribution in [3.05, 3.63) is 130 Å². The lowest BCUT2D eigenvalue weighted by molar-refractivity contribution is -0.149. The fourth-order valence-electron chi connectivity index (χ4n) is 7.62. The number of likely N-dealkylation sites (N-methyl/N-ethyl adjacent to an activating group) is 2. The van der Waals surface area contributed by atoms with Crippen molar-refractivity contribution >= 4 is 31.9 Å². The molecule has 0 aliphatic heterocycles. The highest BCUT2D eigenvalue weighted by atomic mass is 32.2. The Morgan fingerprint density at radius 1 is 0.640 bits per heavy atom. The first-order valence-corrected chi connectivity index (χ1v) is 27.0. The SMILES string of the molecule is COc1cc(C)c(S(=O)(=O)N(C)CCOC(C)C(=O)NCc2ccc(-c3cn(C)c(C)n3)cc2)c(C)c1.COc1cc(C)c(S(=O)(=O)N(C)CCOC(C)C(=O)O)c(C)c1.Cc1nc(-c2ccc(CN)cc2)cn1C. The Kier molecular flexibility index (Phi) is 22.3. The molecule has 0 saturated carbocycles. The monoisotopic (exact) mass is 1070 g/mol. The molecule has 0 aliphatic rings. The summed E-state index contributed by atoms with van der Waals surface area (Å²) in [6.07, 6.45) is 2.31. The largest absolute Gasteiger partial charge is 0.497 e. The highest BCUT2D eigenvalue weighted by Crippen LogP contribution is 2.29. The second kappa shape index (κ2) is 27.4. The number of aliphatic carboxylic acids is 1.